The minimum atomic E-state index is -1.00. The van der Waals surface area contributed by atoms with Gasteiger partial charge in [0.1, 0.15) is 6.54 Å². The number of rotatable bonds is 4. The fourth-order valence-corrected chi connectivity index (χ4v) is 4.23. The first-order valence-corrected chi connectivity index (χ1v) is 9.36. The molecule has 2 aliphatic rings. The Morgan fingerprint density at radius 2 is 1.96 bits per heavy atom. The highest BCUT2D eigenvalue weighted by Crippen LogP contribution is 2.27. The molecular formula is C20H26N2O4. The second-order valence-electron chi connectivity index (χ2n) is 7.21. The van der Waals surface area contributed by atoms with Crippen molar-refractivity contribution < 1.29 is 19.5 Å². The molecule has 1 unspecified atom stereocenters. The van der Waals surface area contributed by atoms with Crippen LogP contribution in [0.3, 0.4) is 0 Å². The van der Waals surface area contributed by atoms with Crippen LogP contribution in [0, 0.1) is 0 Å². The maximum absolute atomic E-state index is 13.1. The lowest BCUT2D eigenvalue weighted by Gasteiger charge is -2.29. The van der Waals surface area contributed by atoms with E-state index in [0.717, 1.165) is 37.7 Å². The lowest BCUT2D eigenvalue weighted by atomic mass is 10.0. The van der Waals surface area contributed by atoms with Crippen LogP contribution in [0.25, 0.3) is 0 Å². The molecule has 140 valence electrons. The molecule has 3 rings (SSSR count). The maximum Gasteiger partial charge on any atom is 0.323 e. The van der Waals surface area contributed by atoms with E-state index >= 15 is 0 Å². The third kappa shape index (κ3) is 3.89. The standard InChI is InChI=1S/C20H26N2O4/c1-14(23)22(13-19(24)25)16-7-4-11-21(12-10-16)20(26)18-9-3-6-15-5-2-8-17(15)18/h3,6,9,16H,2,4-5,7-8,10-13H2,1H3,(H,24,25). The second-order valence-corrected chi connectivity index (χ2v) is 7.21. The van der Waals surface area contributed by atoms with E-state index in [0.29, 0.717) is 19.5 Å². The molecule has 6 nitrogen and oxygen atoms in total. The molecule has 1 fully saturated rings. The summed E-state index contributed by atoms with van der Waals surface area (Å²) in [7, 11) is 0. The summed E-state index contributed by atoms with van der Waals surface area (Å²) < 4.78 is 0. The van der Waals surface area contributed by atoms with Crippen molar-refractivity contribution in [3.8, 4) is 0 Å². The highest BCUT2D eigenvalue weighted by Gasteiger charge is 2.29. The minimum absolute atomic E-state index is 0.0667. The van der Waals surface area contributed by atoms with E-state index < -0.39 is 5.97 Å². The zero-order chi connectivity index (χ0) is 18.7. The van der Waals surface area contributed by atoms with Crippen molar-refractivity contribution in [3.05, 3.63) is 34.9 Å². The van der Waals surface area contributed by atoms with Gasteiger partial charge in [-0.05, 0) is 55.7 Å². The smallest absolute Gasteiger partial charge is 0.323 e. The summed E-state index contributed by atoms with van der Waals surface area (Å²) in [5.74, 6) is -1.16. The first kappa shape index (κ1) is 18.4. The Morgan fingerprint density at radius 1 is 1.15 bits per heavy atom. The first-order chi connectivity index (χ1) is 12.5. The highest BCUT2D eigenvalue weighted by atomic mass is 16.4. The van der Waals surface area contributed by atoms with E-state index in [1.807, 2.05) is 17.0 Å². The predicted octanol–water partition coefficient (Wildman–Crippen LogP) is 2.10. The Balaban J connectivity index is 1.70. The summed E-state index contributed by atoms with van der Waals surface area (Å²) in [4.78, 5) is 39.2. The summed E-state index contributed by atoms with van der Waals surface area (Å²) in [6.07, 6.45) is 5.22. The van der Waals surface area contributed by atoms with Gasteiger partial charge in [0.25, 0.3) is 5.91 Å². The van der Waals surface area contributed by atoms with Crippen LogP contribution >= 0.6 is 0 Å². The Labute approximate surface area is 153 Å². The topological polar surface area (TPSA) is 77.9 Å². The van der Waals surface area contributed by atoms with Crippen molar-refractivity contribution >= 4 is 17.8 Å². The van der Waals surface area contributed by atoms with E-state index in [1.54, 1.807) is 0 Å². The molecule has 1 aromatic rings. The van der Waals surface area contributed by atoms with Crippen LogP contribution in [0.4, 0.5) is 0 Å². The number of likely N-dealkylation sites (tertiary alicyclic amines) is 1. The first-order valence-electron chi connectivity index (χ1n) is 9.36. The number of aliphatic carboxylic acids is 1. The third-order valence-corrected chi connectivity index (χ3v) is 5.51. The quantitative estimate of drug-likeness (QED) is 0.894. The molecule has 1 N–H and O–H groups in total. The number of hydrogen-bond donors (Lipinski definition) is 1. The predicted molar refractivity (Wildman–Crippen MR) is 97.0 cm³/mol. The van der Waals surface area contributed by atoms with E-state index in [2.05, 4.69) is 6.07 Å². The average Bonchev–Trinajstić information content (AvgIpc) is 2.95. The molecule has 0 aromatic heterocycles. The molecule has 1 aliphatic carbocycles. The molecule has 6 heteroatoms. The summed E-state index contributed by atoms with van der Waals surface area (Å²) >= 11 is 0. The third-order valence-electron chi connectivity index (χ3n) is 5.51. The number of carboxylic acids is 1. The van der Waals surface area contributed by atoms with Gasteiger partial charge in [-0.3, -0.25) is 14.4 Å². The molecule has 0 spiro atoms. The molecule has 0 radical (unpaired) electrons. The van der Waals surface area contributed by atoms with E-state index in [9.17, 15) is 14.4 Å². The van der Waals surface area contributed by atoms with Crippen molar-refractivity contribution in [3.63, 3.8) is 0 Å². The van der Waals surface area contributed by atoms with Gasteiger partial charge < -0.3 is 14.9 Å². The summed E-state index contributed by atoms with van der Waals surface area (Å²) in [6.45, 7) is 2.33. The fourth-order valence-electron chi connectivity index (χ4n) is 4.23. The van der Waals surface area contributed by atoms with Gasteiger partial charge in [0.05, 0.1) is 0 Å². The molecular weight excluding hydrogens is 332 g/mol. The number of carboxylic acid groups (broad SMARTS) is 1. The molecule has 1 atom stereocenters. The SMILES string of the molecule is CC(=O)N(CC(=O)O)C1CCCN(C(=O)c2cccc3c2CCC3)CC1. The van der Waals surface area contributed by atoms with Gasteiger partial charge in [-0.2, -0.15) is 0 Å². The van der Waals surface area contributed by atoms with E-state index in [4.69, 9.17) is 5.11 Å². The van der Waals surface area contributed by atoms with Crippen molar-refractivity contribution in [1.82, 2.24) is 9.80 Å². The number of benzene rings is 1. The number of carbonyl (C=O) groups is 3. The molecule has 26 heavy (non-hydrogen) atoms. The largest absolute Gasteiger partial charge is 0.480 e. The summed E-state index contributed by atoms with van der Waals surface area (Å²) in [6, 6.07) is 5.86. The van der Waals surface area contributed by atoms with Crippen LogP contribution in [0.5, 0.6) is 0 Å². The Bertz CT molecular complexity index is 716. The Hall–Kier alpha value is -2.37. The molecule has 1 aromatic carbocycles. The zero-order valence-corrected chi connectivity index (χ0v) is 15.2. The fraction of sp³-hybridized carbons (Fsp3) is 0.550. The van der Waals surface area contributed by atoms with Gasteiger partial charge in [-0.25, -0.2) is 0 Å². The Morgan fingerprint density at radius 3 is 2.69 bits per heavy atom. The Kier molecular flexibility index (Phi) is 5.59. The molecule has 2 amide bonds. The zero-order valence-electron chi connectivity index (χ0n) is 15.2. The van der Waals surface area contributed by atoms with Crippen molar-refractivity contribution in [2.45, 2.75) is 51.5 Å². The summed E-state index contributed by atoms with van der Waals surface area (Å²) in [5, 5.41) is 9.05. The second kappa shape index (κ2) is 7.89. The van der Waals surface area contributed by atoms with Crippen LogP contribution in [-0.2, 0) is 22.4 Å². The number of carbonyl (C=O) groups excluding carboxylic acids is 2. The van der Waals surface area contributed by atoms with Gasteiger partial charge in [-0.15, -0.1) is 0 Å². The minimum Gasteiger partial charge on any atom is -0.480 e. The molecule has 0 bridgehead atoms. The van der Waals surface area contributed by atoms with Crippen LogP contribution in [0.2, 0.25) is 0 Å². The number of aryl methyl sites for hydroxylation is 1. The number of nitrogens with zero attached hydrogens (tertiary/aromatic N) is 2. The number of fused-ring (bicyclic) bond motifs is 1. The van der Waals surface area contributed by atoms with Crippen LogP contribution < -0.4 is 0 Å². The average molecular weight is 358 g/mol. The van der Waals surface area contributed by atoms with Gasteiger partial charge in [-0.1, -0.05) is 12.1 Å². The molecule has 0 saturated carbocycles. The van der Waals surface area contributed by atoms with E-state index in [1.165, 1.54) is 23.0 Å². The van der Waals surface area contributed by atoms with Crippen molar-refractivity contribution in [1.29, 1.82) is 0 Å². The van der Waals surface area contributed by atoms with Crippen molar-refractivity contribution in [2.24, 2.45) is 0 Å². The van der Waals surface area contributed by atoms with Crippen molar-refractivity contribution in [2.75, 3.05) is 19.6 Å². The van der Waals surface area contributed by atoms with Crippen LogP contribution in [0.15, 0.2) is 18.2 Å². The van der Waals surface area contributed by atoms with Crippen LogP contribution in [0.1, 0.15) is 54.1 Å². The van der Waals surface area contributed by atoms with E-state index in [-0.39, 0.29) is 24.4 Å². The van der Waals surface area contributed by atoms with Gasteiger partial charge in [0.2, 0.25) is 5.91 Å². The normalized spacial score (nSPS) is 19.6. The molecule has 1 aliphatic heterocycles. The van der Waals surface area contributed by atoms with Gasteiger partial charge in [0, 0.05) is 31.6 Å². The van der Waals surface area contributed by atoms with Gasteiger partial charge in [0.15, 0.2) is 0 Å². The molecule has 1 saturated heterocycles. The lowest BCUT2D eigenvalue weighted by Crippen LogP contribution is -2.43. The monoisotopic (exact) mass is 358 g/mol. The number of amides is 2. The van der Waals surface area contributed by atoms with Gasteiger partial charge >= 0.3 is 5.97 Å². The van der Waals surface area contributed by atoms with Crippen LogP contribution in [-0.4, -0.2) is 58.4 Å². The summed E-state index contributed by atoms with van der Waals surface area (Å²) in [5.41, 5.74) is 3.29. The lowest BCUT2D eigenvalue weighted by molar-refractivity contribution is -0.145. The number of hydrogen-bond acceptors (Lipinski definition) is 3. The molecule has 1 heterocycles. The maximum atomic E-state index is 13.1. The highest BCUT2D eigenvalue weighted by molar-refractivity contribution is 5.96.